The maximum absolute atomic E-state index is 14.0. The molecule has 1 aromatic carbocycles. The zero-order chi connectivity index (χ0) is 17.0. The Morgan fingerprint density at radius 1 is 1.39 bits per heavy atom. The lowest BCUT2D eigenvalue weighted by Crippen LogP contribution is -2.34. The number of hydrogen-bond acceptors (Lipinski definition) is 4. The Kier molecular flexibility index (Phi) is 5.39. The van der Waals surface area contributed by atoms with Gasteiger partial charge in [-0.25, -0.2) is 4.39 Å². The molecular formula is C17H21FN2O3. The predicted octanol–water partition coefficient (Wildman–Crippen LogP) is 2.73. The summed E-state index contributed by atoms with van der Waals surface area (Å²) >= 11 is 0. The van der Waals surface area contributed by atoms with E-state index in [1.54, 1.807) is 44.1 Å². The highest BCUT2D eigenvalue weighted by Gasteiger charge is 2.19. The fourth-order valence-electron chi connectivity index (χ4n) is 2.26. The van der Waals surface area contributed by atoms with E-state index in [-0.39, 0.29) is 18.0 Å². The summed E-state index contributed by atoms with van der Waals surface area (Å²) in [6.07, 6.45) is 0.932. The van der Waals surface area contributed by atoms with Gasteiger partial charge in [0.05, 0.1) is 11.8 Å². The first-order valence-electron chi connectivity index (χ1n) is 7.37. The van der Waals surface area contributed by atoms with E-state index in [1.165, 1.54) is 18.4 Å². The molecule has 2 atom stereocenters. The molecule has 0 aliphatic rings. The molecule has 124 valence electrons. The first-order chi connectivity index (χ1) is 10.9. The van der Waals surface area contributed by atoms with Gasteiger partial charge in [0, 0.05) is 32.2 Å². The van der Waals surface area contributed by atoms with E-state index in [4.69, 9.17) is 4.42 Å². The summed E-state index contributed by atoms with van der Waals surface area (Å²) in [5.41, 5.74) is 0.662. The highest BCUT2D eigenvalue weighted by molar-refractivity contribution is 5.95. The second kappa shape index (κ2) is 7.28. The van der Waals surface area contributed by atoms with Crippen molar-refractivity contribution < 1.29 is 18.7 Å². The lowest BCUT2D eigenvalue weighted by Gasteiger charge is -2.18. The molecule has 0 aliphatic carbocycles. The molecule has 1 heterocycles. The molecule has 0 fully saturated rings. The van der Waals surface area contributed by atoms with Crippen LogP contribution in [0.1, 0.15) is 35.6 Å². The molecule has 0 radical (unpaired) electrons. The minimum Gasteiger partial charge on any atom is -0.467 e. The third-order valence-corrected chi connectivity index (χ3v) is 3.54. The Morgan fingerprint density at radius 3 is 2.70 bits per heavy atom. The Bertz CT molecular complexity index is 656. The molecule has 0 saturated carbocycles. The highest BCUT2D eigenvalue weighted by atomic mass is 19.1. The highest BCUT2D eigenvalue weighted by Crippen LogP contribution is 2.20. The van der Waals surface area contributed by atoms with Crippen molar-refractivity contribution in [2.45, 2.75) is 25.5 Å². The van der Waals surface area contributed by atoms with E-state index in [2.05, 4.69) is 5.32 Å². The monoisotopic (exact) mass is 320 g/mol. The fourth-order valence-corrected chi connectivity index (χ4v) is 2.26. The Balaban J connectivity index is 1.98. The van der Waals surface area contributed by atoms with Crippen LogP contribution in [0.3, 0.4) is 0 Å². The first-order valence-corrected chi connectivity index (χ1v) is 7.37. The van der Waals surface area contributed by atoms with Gasteiger partial charge in [-0.05, 0) is 37.3 Å². The van der Waals surface area contributed by atoms with E-state index in [9.17, 15) is 14.3 Å². The Labute approximate surface area is 134 Å². The van der Waals surface area contributed by atoms with Gasteiger partial charge in [0.15, 0.2) is 0 Å². The summed E-state index contributed by atoms with van der Waals surface area (Å²) in [5.74, 6) is -0.646. The van der Waals surface area contributed by atoms with Gasteiger partial charge in [0.1, 0.15) is 17.7 Å². The van der Waals surface area contributed by atoms with E-state index in [0.717, 1.165) is 0 Å². The molecule has 1 amide bonds. The van der Waals surface area contributed by atoms with Crippen molar-refractivity contribution in [2.75, 3.05) is 19.0 Å². The van der Waals surface area contributed by atoms with Crippen molar-refractivity contribution in [1.29, 1.82) is 0 Å². The molecule has 0 spiro atoms. The number of aliphatic hydroxyl groups excluding tert-OH is 1. The zero-order valence-corrected chi connectivity index (χ0v) is 13.4. The first kappa shape index (κ1) is 17.0. The van der Waals surface area contributed by atoms with E-state index >= 15 is 0 Å². The van der Waals surface area contributed by atoms with Crippen molar-refractivity contribution in [2.24, 2.45) is 0 Å². The number of carbonyl (C=O) groups excluding carboxylic acids is 1. The number of furan rings is 1. The number of rotatable bonds is 6. The number of aliphatic hydroxyl groups is 1. The molecule has 23 heavy (non-hydrogen) atoms. The quantitative estimate of drug-likeness (QED) is 0.859. The van der Waals surface area contributed by atoms with Crippen LogP contribution in [0.4, 0.5) is 10.1 Å². The minimum absolute atomic E-state index is 0.0186. The molecule has 2 rings (SSSR count). The van der Waals surface area contributed by atoms with Crippen LogP contribution in [0.25, 0.3) is 0 Å². The van der Waals surface area contributed by atoms with Crippen LogP contribution < -0.4 is 10.2 Å². The van der Waals surface area contributed by atoms with Gasteiger partial charge in [-0.3, -0.25) is 4.79 Å². The lowest BCUT2D eigenvalue weighted by molar-refractivity contribution is 0.0899. The third-order valence-electron chi connectivity index (χ3n) is 3.54. The van der Waals surface area contributed by atoms with Gasteiger partial charge < -0.3 is 19.7 Å². The molecule has 2 aromatic rings. The molecule has 2 unspecified atom stereocenters. The maximum Gasteiger partial charge on any atom is 0.254 e. The van der Waals surface area contributed by atoms with Gasteiger partial charge in [0.25, 0.3) is 5.91 Å². The summed E-state index contributed by atoms with van der Waals surface area (Å²) in [7, 11) is 3.60. The van der Waals surface area contributed by atoms with E-state index in [0.29, 0.717) is 11.4 Å². The SMILES string of the molecule is CC(CC(O)c1ccco1)NC(=O)c1ccc(N(C)C)cc1F. The van der Waals surface area contributed by atoms with Crippen LogP contribution in [-0.2, 0) is 0 Å². The van der Waals surface area contributed by atoms with Gasteiger partial charge in [-0.15, -0.1) is 0 Å². The Morgan fingerprint density at radius 2 is 2.13 bits per heavy atom. The molecule has 5 nitrogen and oxygen atoms in total. The second-order valence-corrected chi connectivity index (χ2v) is 5.70. The van der Waals surface area contributed by atoms with Crippen LogP contribution in [0.5, 0.6) is 0 Å². The fraction of sp³-hybridized carbons (Fsp3) is 0.353. The van der Waals surface area contributed by atoms with Crippen molar-refractivity contribution in [3.8, 4) is 0 Å². The molecule has 2 N–H and O–H groups in total. The number of carbonyl (C=O) groups is 1. The number of nitrogens with zero attached hydrogens (tertiary/aromatic N) is 1. The van der Waals surface area contributed by atoms with Crippen molar-refractivity contribution in [3.63, 3.8) is 0 Å². The predicted molar refractivity (Wildman–Crippen MR) is 85.9 cm³/mol. The van der Waals surface area contributed by atoms with Gasteiger partial charge in [-0.2, -0.15) is 0 Å². The summed E-state index contributed by atoms with van der Waals surface area (Å²) in [5, 5.41) is 12.7. The van der Waals surface area contributed by atoms with E-state index < -0.39 is 17.8 Å². The lowest BCUT2D eigenvalue weighted by atomic mass is 10.1. The second-order valence-electron chi connectivity index (χ2n) is 5.70. The molecule has 0 bridgehead atoms. The molecule has 0 saturated heterocycles. The van der Waals surface area contributed by atoms with Crippen LogP contribution >= 0.6 is 0 Å². The summed E-state index contributed by atoms with van der Waals surface area (Å²) < 4.78 is 19.2. The summed E-state index contributed by atoms with van der Waals surface area (Å²) in [6, 6.07) is 7.46. The summed E-state index contributed by atoms with van der Waals surface area (Å²) in [6.45, 7) is 1.75. The number of nitrogens with one attached hydrogen (secondary N) is 1. The normalized spacial score (nSPS) is 13.4. The van der Waals surface area contributed by atoms with Crippen LogP contribution in [0.15, 0.2) is 41.0 Å². The smallest absolute Gasteiger partial charge is 0.254 e. The third kappa shape index (κ3) is 4.32. The summed E-state index contributed by atoms with van der Waals surface area (Å²) in [4.78, 5) is 13.9. The van der Waals surface area contributed by atoms with Crippen molar-refractivity contribution >= 4 is 11.6 Å². The maximum atomic E-state index is 14.0. The van der Waals surface area contributed by atoms with Crippen LogP contribution in [0, 0.1) is 5.82 Å². The number of amides is 1. The molecular weight excluding hydrogens is 299 g/mol. The van der Waals surface area contributed by atoms with Crippen molar-refractivity contribution in [3.05, 3.63) is 53.7 Å². The number of halogens is 1. The minimum atomic E-state index is -0.818. The largest absolute Gasteiger partial charge is 0.467 e. The Hall–Kier alpha value is -2.34. The van der Waals surface area contributed by atoms with E-state index in [1.807, 2.05) is 0 Å². The van der Waals surface area contributed by atoms with Crippen LogP contribution in [-0.4, -0.2) is 31.2 Å². The molecule has 0 aliphatic heterocycles. The molecule has 1 aromatic heterocycles. The van der Waals surface area contributed by atoms with Gasteiger partial charge in [0.2, 0.25) is 0 Å². The zero-order valence-electron chi connectivity index (χ0n) is 13.4. The number of anilines is 1. The van der Waals surface area contributed by atoms with Gasteiger partial charge >= 0.3 is 0 Å². The van der Waals surface area contributed by atoms with Crippen LogP contribution in [0.2, 0.25) is 0 Å². The molecule has 6 heteroatoms. The van der Waals surface area contributed by atoms with Gasteiger partial charge in [-0.1, -0.05) is 0 Å². The number of benzene rings is 1. The average Bonchev–Trinajstić information content (AvgIpc) is 3.00. The number of hydrogen-bond donors (Lipinski definition) is 2. The van der Waals surface area contributed by atoms with Crippen molar-refractivity contribution in [1.82, 2.24) is 5.32 Å². The standard InChI is InChI=1S/C17H21FN2O3/c1-11(9-15(21)16-5-4-8-23-16)19-17(22)13-7-6-12(20(2)3)10-14(13)18/h4-8,10-11,15,21H,9H2,1-3H3,(H,19,22). The topological polar surface area (TPSA) is 65.7 Å². The average molecular weight is 320 g/mol.